The van der Waals surface area contributed by atoms with Crippen molar-refractivity contribution < 1.29 is 67.5 Å². The van der Waals surface area contributed by atoms with Gasteiger partial charge in [0.25, 0.3) is 10.1 Å². The van der Waals surface area contributed by atoms with Gasteiger partial charge in [-0.15, -0.1) is 16.8 Å². The van der Waals surface area contributed by atoms with E-state index >= 15 is 0 Å². The maximum atomic E-state index is 12.9. The van der Waals surface area contributed by atoms with E-state index in [1.165, 1.54) is 30.3 Å². The molecule has 0 spiro atoms. The van der Waals surface area contributed by atoms with Gasteiger partial charge < -0.3 is 20.4 Å². The first-order chi connectivity index (χ1) is 20.8. The summed E-state index contributed by atoms with van der Waals surface area (Å²) in [5, 5.41) is 66.0. The molecule has 1 heterocycles. The van der Waals surface area contributed by atoms with E-state index in [4.69, 9.17) is 4.55 Å². The van der Waals surface area contributed by atoms with Crippen LogP contribution in [0.4, 0.5) is 17.1 Å². The van der Waals surface area contributed by atoms with Crippen LogP contribution in [-0.4, -0.2) is 40.0 Å². The molecule has 0 saturated carbocycles. The molecule has 13 nitrogen and oxygen atoms in total. The Kier molecular flexibility index (Phi) is 14.5. The third-order valence-corrected chi connectivity index (χ3v) is 6.65. The second-order valence-corrected chi connectivity index (χ2v) is 13.7. The number of benzene rings is 3. The van der Waals surface area contributed by atoms with E-state index in [9.17, 15) is 28.8 Å². The van der Waals surface area contributed by atoms with E-state index in [0.717, 1.165) is 16.8 Å². The number of nitrogens with zero attached hydrogens (tertiary/aromatic N) is 6. The molecule has 0 aliphatic rings. The van der Waals surface area contributed by atoms with E-state index in [2.05, 4.69) is 25.6 Å². The van der Waals surface area contributed by atoms with Crippen LogP contribution in [-0.2, 0) is 44.3 Å². The van der Waals surface area contributed by atoms with Gasteiger partial charge in [-0.2, -0.15) is 23.7 Å². The van der Waals surface area contributed by atoms with E-state index in [1.54, 1.807) is 25.1 Å². The fourth-order valence-electron chi connectivity index (χ4n) is 3.42. The van der Waals surface area contributed by atoms with Crippen molar-refractivity contribution in [3.63, 3.8) is 0 Å². The van der Waals surface area contributed by atoms with Crippen molar-refractivity contribution in [2.75, 3.05) is 6.61 Å². The van der Waals surface area contributed by atoms with E-state index < -0.39 is 21.5 Å². The van der Waals surface area contributed by atoms with Gasteiger partial charge in [-0.25, -0.2) is 4.68 Å². The van der Waals surface area contributed by atoms with Gasteiger partial charge in [0.1, 0.15) is 17.1 Å². The van der Waals surface area contributed by atoms with Crippen LogP contribution >= 0.6 is 0 Å². The number of aromatic nitrogens is 2. The maximum absolute atomic E-state index is 12.9. The molecule has 2 N–H and O–H groups in total. The molecular formula is C31H35Cu2N6O7S+. The fraction of sp³-hybridized carbons (Fsp3) is 0.323. The molecule has 4 rings (SSSR count). The summed E-state index contributed by atoms with van der Waals surface area (Å²) in [7, 11) is -4.38. The SMILES string of the molecule is CC(C)(C)C[O-].Cc1nn(-c2ccc(S(=O)(=O)O)cc2)c([O-])c1N=Nc1ccc(-c2ccc(N=NC(C)(C)C)c([O-])c2)cc1O.[Cu+2].[Cu+2]. The summed E-state index contributed by atoms with van der Waals surface area (Å²) in [5.74, 6) is -1.15. The number of hydrogen-bond acceptors (Lipinski definition) is 11. The van der Waals surface area contributed by atoms with Gasteiger partial charge >= 0.3 is 34.1 Å². The predicted molar refractivity (Wildman–Crippen MR) is 163 cm³/mol. The predicted octanol–water partition coefficient (Wildman–Crippen LogP) is 5.63. The average molecular weight is 763 g/mol. The number of aromatic hydroxyl groups is 1. The normalized spacial score (nSPS) is 11.9. The van der Waals surface area contributed by atoms with Gasteiger partial charge in [0.05, 0.1) is 27.5 Å². The maximum Gasteiger partial charge on any atom is 2.00 e. The molecule has 4 aromatic rings. The molecule has 0 aliphatic carbocycles. The molecule has 16 heteroatoms. The quantitative estimate of drug-likeness (QED) is 0.142. The molecule has 3 aromatic carbocycles. The Morgan fingerprint density at radius 2 is 1.36 bits per heavy atom. The molecule has 1 aromatic heterocycles. The van der Waals surface area contributed by atoms with Crippen molar-refractivity contribution in [3.05, 3.63) is 66.4 Å². The molecule has 258 valence electrons. The molecule has 0 aliphatic heterocycles. The van der Waals surface area contributed by atoms with Crippen molar-refractivity contribution in [1.82, 2.24) is 9.78 Å². The third kappa shape index (κ3) is 11.8. The van der Waals surface area contributed by atoms with Crippen LogP contribution in [0.2, 0.25) is 0 Å². The van der Waals surface area contributed by atoms with Crippen molar-refractivity contribution >= 4 is 27.2 Å². The topological polar surface area (TPSA) is 211 Å². The Hall–Kier alpha value is -3.62. The standard InChI is InChI=1S/C26H26N6O6S.C5H11O.2Cu/c1-15-24(25(35)32(30-15)18-7-9-19(10-8-18)39(36,37)38)29-27-20-11-5-16(13-22(20)33)17-6-12-21(23(34)14-17)28-31-26(2,3)4;1-5(2,3)4-6;;/h5-14,33-35H,1-4H3,(H,36,37,38);4H2,1-3H3;;/q;-1;2*+2/p-2. The third-order valence-electron chi connectivity index (χ3n) is 5.78. The number of phenols is 1. The van der Waals surface area contributed by atoms with Gasteiger partial charge in [-0.3, -0.25) is 4.55 Å². The minimum absolute atomic E-state index is 0. The Morgan fingerprint density at radius 1 is 0.830 bits per heavy atom. The van der Waals surface area contributed by atoms with Gasteiger partial charge in [-0.05, 0) is 81.3 Å². The van der Waals surface area contributed by atoms with Crippen LogP contribution in [0.15, 0.2) is 86.0 Å². The van der Waals surface area contributed by atoms with E-state index in [0.29, 0.717) is 11.1 Å². The van der Waals surface area contributed by atoms with Crippen molar-refractivity contribution in [2.45, 2.75) is 58.9 Å². The second-order valence-electron chi connectivity index (χ2n) is 12.3. The Morgan fingerprint density at radius 3 is 1.83 bits per heavy atom. The smallest absolute Gasteiger partial charge is 0.871 e. The first-order valence-electron chi connectivity index (χ1n) is 13.7. The van der Waals surface area contributed by atoms with Crippen molar-refractivity contribution in [1.29, 1.82) is 0 Å². The van der Waals surface area contributed by atoms with Crippen molar-refractivity contribution in [3.8, 4) is 34.2 Å². The van der Waals surface area contributed by atoms with Crippen LogP contribution in [0.3, 0.4) is 0 Å². The summed E-state index contributed by atoms with van der Waals surface area (Å²) in [6.07, 6.45) is 0. The van der Waals surface area contributed by atoms with Gasteiger partial charge in [-0.1, -0.05) is 50.1 Å². The molecule has 0 amide bonds. The van der Waals surface area contributed by atoms with Gasteiger partial charge in [0.15, 0.2) is 0 Å². The second kappa shape index (κ2) is 16.5. The molecular weight excluding hydrogens is 728 g/mol. The van der Waals surface area contributed by atoms with Crippen LogP contribution < -0.4 is 15.3 Å². The van der Waals surface area contributed by atoms with Crippen LogP contribution in [0.5, 0.6) is 17.4 Å². The minimum atomic E-state index is -4.38. The number of azo groups is 2. The molecule has 47 heavy (non-hydrogen) atoms. The monoisotopic (exact) mass is 761 g/mol. The number of aryl methyl sites for hydroxylation is 1. The number of hydrogen-bond donors (Lipinski definition) is 2. The molecule has 0 fully saturated rings. The minimum Gasteiger partial charge on any atom is -0.871 e. The average Bonchev–Trinajstić information content (AvgIpc) is 3.23. The Balaban J connectivity index is 0.00000126. The van der Waals surface area contributed by atoms with E-state index in [-0.39, 0.29) is 91.0 Å². The number of rotatable bonds is 6. The summed E-state index contributed by atoms with van der Waals surface area (Å²) in [4.78, 5) is -0.324. The fourth-order valence-corrected chi connectivity index (χ4v) is 3.90. The molecule has 2 radical (unpaired) electrons. The zero-order valence-electron chi connectivity index (χ0n) is 26.6. The van der Waals surface area contributed by atoms with Crippen LogP contribution in [0, 0.1) is 12.3 Å². The zero-order valence-corrected chi connectivity index (χ0v) is 29.3. The van der Waals surface area contributed by atoms with Crippen LogP contribution in [0.1, 0.15) is 47.2 Å². The first kappa shape index (κ1) is 41.4. The first-order valence-corrected chi connectivity index (χ1v) is 15.1. The van der Waals surface area contributed by atoms with Gasteiger partial charge in [0.2, 0.25) is 0 Å². The number of phenolic OH excluding ortho intramolecular Hbond substituents is 1. The van der Waals surface area contributed by atoms with E-state index in [1.807, 2.05) is 41.5 Å². The van der Waals surface area contributed by atoms with Crippen molar-refractivity contribution in [2.24, 2.45) is 25.9 Å². The molecule has 0 bridgehead atoms. The molecule has 0 unspecified atom stereocenters. The summed E-state index contributed by atoms with van der Waals surface area (Å²) < 4.78 is 32.6. The van der Waals surface area contributed by atoms with Gasteiger partial charge in [0, 0.05) is 5.88 Å². The Bertz CT molecular complexity index is 1830. The molecule has 0 saturated heterocycles. The summed E-state index contributed by atoms with van der Waals surface area (Å²) in [6, 6.07) is 14.1. The summed E-state index contributed by atoms with van der Waals surface area (Å²) in [5.41, 5.74) is 1.43. The molecule has 0 atom stereocenters. The van der Waals surface area contributed by atoms with Crippen LogP contribution in [0.25, 0.3) is 16.8 Å². The largest absolute Gasteiger partial charge is 2.00 e. The Labute approximate surface area is 295 Å². The summed E-state index contributed by atoms with van der Waals surface area (Å²) in [6.45, 7) is 13.0. The zero-order chi connectivity index (χ0) is 33.7. The summed E-state index contributed by atoms with van der Waals surface area (Å²) >= 11 is 0.